The number of nitrogens with one attached hydrogen (secondary N) is 7. The minimum Gasteiger partial charge on any atom is -0.459 e. The number of epoxide rings is 1. The maximum Gasteiger partial charge on any atom is 0.350 e. The molecule has 0 radical (unpaired) electrons. The summed E-state index contributed by atoms with van der Waals surface area (Å²) in [6, 6.07) is 5.55. The number of hydrogen-bond donors (Lipinski definition) is 9. The van der Waals surface area contributed by atoms with Gasteiger partial charge in [-0.3, -0.25) is 14.6 Å². The Hall–Kier alpha value is -5.32. The number of cyclic esters (lactones) is 1. The van der Waals surface area contributed by atoms with E-state index >= 15 is 14.4 Å². The van der Waals surface area contributed by atoms with Crippen molar-refractivity contribution < 1.29 is 29.0 Å². The number of carbonyl (C=O) groups is 3. The maximum atomic E-state index is 16.2. The highest BCUT2D eigenvalue weighted by atomic mass is 16.7. The van der Waals surface area contributed by atoms with Gasteiger partial charge in [0.25, 0.3) is 5.60 Å². The van der Waals surface area contributed by atoms with E-state index in [2.05, 4.69) is 94.4 Å². The van der Waals surface area contributed by atoms with Crippen LogP contribution in [-0.2, 0) is 20.7 Å². The molecule has 1 unspecified atom stereocenters. The molecule has 10 N–H and O–H groups in total. The molecule has 4 aliphatic carbocycles. The molecule has 10 aliphatic rings. The van der Waals surface area contributed by atoms with E-state index < -0.39 is 40.0 Å². The van der Waals surface area contributed by atoms with Crippen LogP contribution in [0.2, 0.25) is 0 Å². The van der Waals surface area contributed by atoms with E-state index in [1.807, 2.05) is 38.5 Å². The number of Topliss-reactive ketones (excluding diaryl/α,β-unsaturated/α-hetero) is 2. The number of esters is 1. The largest absolute Gasteiger partial charge is 0.459 e. The molecular weight excluding hydrogens is 991 g/mol. The van der Waals surface area contributed by atoms with Crippen LogP contribution in [0.25, 0.3) is 0 Å². The summed E-state index contributed by atoms with van der Waals surface area (Å²) in [5.41, 5.74) is 8.33. The van der Waals surface area contributed by atoms with Gasteiger partial charge in [-0.15, -0.1) is 0 Å². The minimum atomic E-state index is -2.21. The Labute approximate surface area is 468 Å². The molecule has 2 saturated heterocycles. The van der Waals surface area contributed by atoms with Gasteiger partial charge in [-0.25, -0.2) is 4.79 Å². The summed E-state index contributed by atoms with van der Waals surface area (Å²) in [5, 5.41) is 36.0. The van der Waals surface area contributed by atoms with Crippen LogP contribution in [0.15, 0.2) is 106 Å². The molecule has 79 heavy (non-hydrogen) atoms. The molecule has 0 amide bonds. The summed E-state index contributed by atoms with van der Waals surface area (Å²) in [5.74, 6) is 0.753. The van der Waals surface area contributed by atoms with Crippen LogP contribution < -0.4 is 43.0 Å². The molecule has 1 aromatic carbocycles. The lowest BCUT2D eigenvalue weighted by molar-refractivity contribution is -0.158. The van der Waals surface area contributed by atoms with Gasteiger partial charge in [0.15, 0.2) is 17.3 Å². The average molecular weight is 1080 g/mol. The summed E-state index contributed by atoms with van der Waals surface area (Å²) in [6.45, 7) is 8.72. The highest BCUT2D eigenvalue weighted by molar-refractivity contribution is 6.33. The highest BCUT2D eigenvalue weighted by Gasteiger charge is 2.85. The topological polar surface area (TPSA) is 216 Å². The van der Waals surface area contributed by atoms with Crippen molar-refractivity contribution in [3.8, 4) is 0 Å². The maximum absolute atomic E-state index is 16.2. The lowest BCUT2D eigenvalue weighted by Gasteiger charge is -2.53. The number of aliphatic hydroxyl groups excluding tert-OH is 1. The van der Waals surface area contributed by atoms with Gasteiger partial charge in [0.05, 0.1) is 17.9 Å². The molecule has 6 aliphatic heterocycles. The van der Waals surface area contributed by atoms with Crippen LogP contribution >= 0.6 is 0 Å². The van der Waals surface area contributed by atoms with Crippen molar-refractivity contribution in [3.63, 3.8) is 0 Å². The van der Waals surface area contributed by atoms with E-state index in [1.54, 1.807) is 6.07 Å². The van der Waals surface area contributed by atoms with Crippen LogP contribution in [0.3, 0.4) is 0 Å². The van der Waals surface area contributed by atoms with Crippen LogP contribution in [0.5, 0.6) is 0 Å². The number of nitrogens with zero attached hydrogens (tertiary/aromatic N) is 1. The first-order valence-corrected chi connectivity index (χ1v) is 30.3. The van der Waals surface area contributed by atoms with Gasteiger partial charge in [0.1, 0.15) is 11.9 Å². The van der Waals surface area contributed by atoms with E-state index in [4.69, 9.17) is 20.2 Å². The Balaban J connectivity index is 1.03. The van der Waals surface area contributed by atoms with Crippen molar-refractivity contribution in [2.75, 3.05) is 40.3 Å². The van der Waals surface area contributed by atoms with Crippen LogP contribution in [0.1, 0.15) is 163 Å². The first kappa shape index (κ1) is 55.6. The third-order valence-electron chi connectivity index (χ3n) is 20.5. The summed E-state index contributed by atoms with van der Waals surface area (Å²) in [7, 11) is 3.84. The summed E-state index contributed by atoms with van der Waals surface area (Å²) in [4.78, 5) is 53.0. The lowest BCUT2D eigenvalue weighted by atomic mass is 9.57. The smallest absolute Gasteiger partial charge is 0.350 e. The molecule has 0 aromatic heterocycles. The van der Waals surface area contributed by atoms with Crippen molar-refractivity contribution in [1.82, 2.24) is 37.2 Å². The number of aliphatic hydroxyl groups is 1. The minimum absolute atomic E-state index is 0.0210. The zero-order chi connectivity index (χ0) is 55.2. The summed E-state index contributed by atoms with van der Waals surface area (Å²) >= 11 is 0. The number of dihydropyridines is 2. The first-order chi connectivity index (χ1) is 38.3. The second-order valence-corrected chi connectivity index (χ2v) is 25.1. The third kappa shape index (κ3) is 9.78. The predicted molar refractivity (Wildman–Crippen MR) is 310 cm³/mol. The molecule has 11 atom stereocenters. The number of rotatable bonds is 13. The first-order valence-electron chi connectivity index (χ1n) is 30.3. The molecule has 1 aromatic rings. The molecule has 426 valence electrons. The van der Waals surface area contributed by atoms with Crippen LogP contribution in [0, 0.1) is 28.6 Å². The van der Waals surface area contributed by atoms with Gasteiger partial charge in [-0.1, -0.05) is 99.8 Å². The van der Waals surface area contributed by atoms with Crippen molar-refractivity contribution in [1.29, 1.82) is 0 Å². The molecule has 15 nitrogen and oxygen atoms in total. The number of aliphatic imine (C=N–C) groups is 1. The number of guanidine groups is 1. The number of fused-ring (bicyclic) bond motifs is 1. The number of ketones is 2. The highest BCUT2D eigenvalue weighted by Crippen LogP contribution is 2.62. The number of allylic oxidation sites excluding steroid dienone is 5. The van der Waals surface area contributed by atoms with Gasteiger partial charge in [0, 0.05) is 67.9 Å². The molecule has 1 saturated carbocycles. The third-order valence-corrected chi connectivity index (χ3v) is 20.5. The predicted octanol–water partition coefficient (Wildman–Crippen LogP) is 7.48. The number of nitrogens with two attached hydrogens (primary N) is 1. The van der Waals surface area contributed by atoms with E-state index in [0.29, 0.717) is 43.8 Å². The van der Waals surface area contributed by atoms with Gasteiger partial charge < -0.3 is 57.5 Å². The van der Waals surface area contributed by atoms with E-state index in [0.717, 1.165) is 131 Å². The zero-order valence-corrected chi connectivity index (χ0v) is 47.7. The van der Waals surface area contributed by atoms with Gasteiger partial charge >= 0.3 is 5.97 Å². The second-order valence-electron chi connectivity index (χ2n) is 25.1. The fourth-order valence-electron chi connectivity index (χ4n) is 16.5. The van der Waals surface area contributed by atoms with Crippen molar-refractivity contribution in [2.45, 2.75) is 184 Å². The van der Waals surface area contributed by atoms with Crippen LogP contribution in [-0.4, -0.2) is 110 Å². The Morgan fingerprint density at radius 1 is 1.03 bits per heavy atom. The molecule has 1 spiro atoms. The molecular formula is C64H89N9O6. The average Bonchev–Trinajstić information content (AvgIpc) is 4.24. The number of benzene rings is 1. The van der Waals surface area contributed by atoms with Gasteiger partial charge in [-0.05, 0) is 162 Å². The summed E-state index contributed by atoms with van der Waals surface area (Å²) < 4.78 is 13.8. The molecule has 15 heteroatoms. The van der Waals surface area contributed by atoms with E-state index in [-0.39, 0.29) is 60.0 Å². The number of hydrogen-bond acceptors (Lipinski definition) is 13. The van der Waals surface area contributed by atoms with Gasteiger partial charge in [0.2, 0.25) is 5.78 Å². The number of ether oxygens (including phenoxy) is 2. The molecule has 6 heterocycles. The Kier molecular flexibility index (Phi) is 15.9. The monoisotopic (exact) mass is 1080 g/mol. The fraction of sp³-hybridized carbons (Fsp3) is 0.625. The number of likely N-dealkylation sites (N-methyl/N-ethyl adjacent to an activating group) is 1. The number of carbonyl (C=O) groups excluding carboxylic acids is 3. The lowest BCUT2D eigenvalue weighted by Crippen LogP contribution is -2.63. The standard InChI is InChI=1S/C64H89N9O6/c1-6-68-50-35-43-17-11-16-42-15-7-8-27-60(3,37-41-21-23-52(65)71-39-41)38-44-18-12-19-46-54(44)56(76)64(58(77)78-51(20-13-34-74)48(50)36-47(42)43)63(79-64,55(46)75)31-25-40(2)61(28-9-10-29-61)62(30-14-32-70-59(67-5)73-62)49-26-33-69-57-45(49)22-24-53(66-4)72-57/h11-12,17-19,21,23,25-26,35,39,42,47-48,50-53,66,68-69,71-72,74H,6-10,13-16,20,22,24,27-34,36-38,65H2,1-5H3,(H2,67,70,73)/b40-25+/t42-,47-,48-,50-,51+,52?,53-,60+,62-,63-,64-/m0/s1. The Morgan fingerprint density at radius 2 is 1.86 bits per heavy atom. The van der Waals surface area contributed by atoms with Crippen molar-refractivity contribution >= 4 is 23.5 Å². The molecule has 3 fully saturated rings. The Morgan fingerprint density at radius 3 is 2.63 bits per heavy atom. The van der Waals surface area contributed by atoms with Gasteiger partial charge in [-0.2, -0.15) is 0 Å². The zero-order valence-electron chi connectivity index (χ0n) is 47.7. The fourth-order valence-corrected chi connectivity index (χ4v) is 16.5. The SMILES string of the molecule is CCN[C@H]1C=C2C=CC[C@@H]3CCCC[C@](C)(CC4=CNC(N)C=C4)Cc4cccc5c4C(=O)[C@]4(O[C@@]4(C/C=C(\C)C4([C@@]6(C7=CCNC8=C7CC[C@@H](NC)N8)CCCNC(=NC)N6)CCCC4)C5=O)C(=O)O[C@H](CCCO)[C@H]1C[C@H]23. The quantitative estimate of drug-likeness (QED) is 0.0406. The molecule has 4 bridgehead atoms. The normalized spacial score (nSPS) is 36.6. The molecule has 11 rings (SSSR count). The van der Waals surface area contributed by atoms with Crippen LogP contribution in [0.4, 0.5) is 0 Å². The Bertz CT molecular complexity index is 2800. The van der Waals surface area contributed by atoms with Crippen molar-refractivity contribution in [2.24, 2.45) is 39.3 Å². The van der Waals surface area contributed by atoms with E-state index in [9.17, 15) is 5.11 Å². The van der Waals surface area contributed by atoms with E-state index in [1.165, 1.54) is 16.7 Å². The van der Waals surface area contributed by atoms with Crippen molar-refractivity contribution in [3.05, 3.63) is 117 Å². The summed E-state index contributed by atoms with van der Waals surface area (Å²) in [6.07, 6.45) is 32.2. The second kappa shape index (κ2) is 22.6.